The van der Waals surface area contributed by atoms with Crippen LogP contribution in [0.5, 0.6) is 0 Å². The third-order valence-corrected chi connectivity index (χ3v) is 3.64. The number of hydrogen-bond acceptors (Lipinski definition) is 3. The fourth-order valence-electron chi connectivity index (χ4n) is 2.26. The van der Waals surface area contributed by atoms with Gasteiger partial charge in [0.15, 0.2) is 0 Å². The van der Waals surface area contributed by atoms with Gasteiger partial charge in [0.25, 0.3) is 0 Å². The van der Waals surface area contributed by atoms with Crippen molar-refractivity contribution in [3.05, 3.63) is 34.9 Å². The highest BCUT2D eigenvalue weighted by atomic mass is 35.5. The van der Waals surface area contributed by atoms with E-state index in [1.165, 1.54) is 5.56 Å². The molecule has 1 aliphatic rings. The number of rotatable bonds is 3. The number of carbonyl (C=O) groups excluding carboxylic acids is 1. The monoisotopic (exact) mass is 281 g/mol. The van der Waals surface area contributed by atoms with Crippen LogP contribution in [0.2, 0.25) is 5.02 Å². The molecule has 0 bridgehead atoms. The van der Waals surface area contributed by atoms with Crippen molar-refractivity contribution < 1.29 is 4.79 Å². The lowest BCUT2D eigenvalue weighted by atomic mass is 10.2. The van der Waals surface area contributed by atoms with Gasteiger partial charge >= 0.3 is 0 Å². The Morgan fingerprint density at radius 2 is 1.84 bits per heavy atom. The fourth-order valence-corrected chi connectivity index (χ4v) is 2.39. The molecule has 104 valence electrons. The number of piperazine rings is 1. The van der Waals surface area contributed by atoms with Crippen LogP contribution in [-0.4, -0.2) is 47.9 Å². The molecule has 2 rings (SSSR count). The largest absolute Gasteiger partial charge is 0.339 e. The molecule has 0 radical (unpaired) electrons. The maximum absolute atomic E-state index is 11.8. The zero-order valence-corrected chi connectivity index (χ0v) is 11.9. The Morgan fingerprint density at radius 3 is 2.37 bits per heavy atom. The predicted molar refractivity (Wildman–Crippen MR) is 77.0 cm³/mol. The minimum Gasteiger partial charge on any atom is -0.339 e. The summed E-state index contributed by atoms with van der Waals surface area (Å²) in [6.45, 7) is 5.93. The van der Waals surface area contributed by atoms with E-state index >= 15 is 0 Å². The van der Waals surface area contributed by atoms with Gasteiger partial charge in [0, 0.05) is 37.7 Å². The van der Waals surface area contributed by atoms with Crippen molar-refractivity contribution >= 4 is 17.5 Å². The summed E-state index contributed by atoms with van der Waals surface area (Å²) in [7, 11) is 0. The lowest BCUT2D eigenvalue weighted by molar-refractivity contribution is -0.134. The summed E-state index contributed by atoms with van der Waals surface area (Å²) in [6.07, 6.45) is 0. The zero-order chi connectivity index (χ0) is 13.8. The summed E-state index contributed by atoms with van der Waals surface area (Å²) in [5.74, 6) is 0.0474. The van der Waals surface area contributed by atoms with Crippen molar-refractivity contribution in [3.8, 4) is 0 Å². The molecular weight excluding hydrogens is 262 g/mol. The van der Waals surface area contributed by atoms with Gasteiger partial charge in [0.2, 0.25) is 5.91 Å². The van der Waals surface area contributed by atoms with E-state index in [4.69, 9.17) is 17.3 Å². The second-order valence-corrected chi connectivity index (χ2v) is 5.45. The first kappa shape index (κ1) is 14.3. The lowest BCUT2D eigenvalue weighted by Crippen LogP contribution is -2.52. The Bertz CT molecular complexity index is 425. The second kappa shape index (κ2) is 6.37. The molecule has 1 heterocycles. The first-order valence-corrected chi connectivity index (χ1v) is 6.95. The van der Waals surface area contributed by atoms with Gasteiger partial charge in [-0.05, 0) is 24.6 Å². The quantitative estimate of drug-likeness (QED) is 0.909. The third kappa shape index (κ3) is 3.93. The van der Waals surface area contributed by atoms with E-state index in [1.807, 2.05) is 29.2 Å². The Kier molecular flexibility index (Phi) is 4.80. The van der Waals surface area contributed by atoms with Crippen LogP contribution in [0.15, 0.2) is 24.3 Å². The standard InChI is InChI=1S/C14H20ClN3O/c1-11(16)14(19)18-8-6-17(7-9-18)10-12-2-4-13(15)5-3-12/h2-5,11H,6-10,16H2,1H3. The van der Waals surface area contributed by atoms with Crippen molar-refractivity contribution in [2.45, 2.75) is 19.5 Å². The van der Waals surface area contributed by atoms with Crippen LogP contribution >= 0.6 is 11.6 Å². The summed E-state index contributed by atoms with van der Waals surface area (Å²) in [5, 5.41) is 0.760. The van der Waals surface area contributed by atoms with Crippen LogP contribution < -0.4 is 5.73 Å². The smallest absolute Gasteiger partial charge is 0.239 e. The van der Waals surface area contributed by atoms with E-state index in [1.54, 1.807) is 6.92 Å². The predicted octanol–water partition coefficient (Wildman–Crippen LogP) is 1.33. The highest BCUT2D eigenvalue weighted by Gasteiger charge is 2.22. The average molecular weight is 282 g/mol. The highest BCUT2D eigenvalue weighted by Crippen LogP contribution is 2.13. The summed E-state index contributed by atoms with van der Waals surface area (Å²) in [6, 6.07) is 7.51. The van der Waals surface area contributed by atoms with Gasteiger partial charge in [-0.25, -0.2) is 0 Å². The van der Waals surface area contributed by atoms with Crippen LogP contribution in [-0.2, 0) is 11.3 Å². The summed E-state index contributed by atoms with van der Waals surface area (Å²) in [4.78, 5) is 16.0. The third-order valence-electron chi connectivity index (χ3n) is 3.39. The minimum absolute atomic E-state index is 0.0474. The van der Waals surface area contributed by atoms with Crippen molar-refractivity contribution in [1.29, 1.82) is 0 Å². The molecule has 0 aromatic heterocycles. The van der Waals surface area contributed by atoms with Crippen LogP contribution in [0, 0.1) is 0 Å². The van der Waals surface area contributed by atoms with Gasteiger partial charge in [-0.3, -0.25) is 9.69 Å². The number of benzene rings is 1. The molecule has 0 saturated carbocycles. The molecule has 1 atom stereocenters. The molecule has 0 aliphatic carbocycles. The molecule has 1 aliphatic heterocycles. The van der Waals surface area contributed by atoms with Crippen molar-refractivity contribution in [3.63, 3.8) is 0 Å². The molecule has 1 aromatic carbocycles. The molecule has 1 unspecified atom stereocenters. The van der Waals surface area contributed by atoms with Crippen LogP contribution in [0.4, 0.5) is 0 Å². The van der Waals surface area contributed by atoms with Crippen LogP contribution in [0.25, 0.3) is 0 Å². The molecule has 1 fully saturated rings. The minimum atomic E-state index is -0.400. The molecule has 1 aromatic rings. The van der Waals surface area contributed by atoms with Crippen LogP contribution in [0.3, 0.4) is 0 Å². The molecule has 1 saturated heterocycles. The van der Waals surface area contributed by atoms with Gasteiger partial charge in [0.1, 0.15) is 0 Å². The van der Waals surface area contributed by atoms with E-state index < -0.39 is 6.04 Å². The van der Waals surface area contributed by atoms with E-state index in [0.717, 1.165) is 37.7 Å². The van der Waals surface area contributed by atoms with Crippen molar-refractivity contribution in [2.24, 2.45) is 5.73 Å². The number of nitrogens with zero attached hydrogens (tertiary/aromatic N) is 2. The Labute approximate surface area is 119 Å². The molecule has 2 N–H and O–H groups in total. The first-order valence-electron chi connectivity index (χ1n) is 6.57. The van der Waals surface area contributed by atoms with Gasteiger partial charge < -0.3 is 10.6 Å². The maximum Gasteiger partial charge on any atom is 0.239 e. The normalized spacial score (nSPS) is 18.4. The van der Waals surface area contributed by atoms with E-state index in [9.17, 15) is 4.79 Å². The SMILES string of the molecule is CC(N)C(=O)N1CCN(Cc2ccc(Cl)cc2)CC1. The Balaban J connectivity index is 1.83. The number of amides is 1. The first-order chi connectivity index (χ1) is 9.06. The number of halogens is 1. The lowest BCUT2D eigenvalue weighted by Gasteiger charge is -2.35. The van der Waals surface area contributed by atoms with Crippen LogP contribution in [0.1, 0.15) is 12.5 Å². The van der Waals surface area contributed by atoms with Gasteiger partial charge in [-0.2, -0.15) is 0 Å². The molecule has 1 amide bonds. The van der Waals surface area contributed by atoms with Gasteiger partial charge in [-0.1, -0.05) is 23.7 Å². The number of hydrogen-bond donors (Lipinski definition) is 1. The molecule has 4 nitrogen and oxygen atoms in total. The van der Waals surface area contributed by atoms with Crippen molar-refractivity contribution in [2.75, 3.05) is 26.2 Å². The summed E-state index contributed by atoms with van der Waals surface area (Å²) >= 11 is 5.87. The highest BCUT2D eigenvalue weighted by molar-refractivity contribution is 6.30. The fraction of sp³-hybridized carbons (Fsp3) is 0.500. The molecular formula is C14H20ClN3O. The molecule has 0 spiro atoms. The van der Waals surface area contributed by atoms with E-state index in [-0.39, 0.29) is 5.91 Å². The van der Waals surface area contributed by atoms with Gasteiger partial charge in [0.05, 0.1) is 6.04 Å². The van der Waals surface area contributed by atoms with Gasteiger partial charge in [-0.15, -0.1) is 0 Å². The number of nitrogens with two attached hydrogens (primary N) is 1. The maximum atomic E-state index is 11.8. The zero-order valence-electron chi connectivity index (χ0n) is 11.2. The Morgan fingerprint density at radius 1 is 1.26 bits per heavy atom. The number of carbonyl (C=O) groups is 1. The molecule has 19 heavy (non-hydrogen) atoms. The summed E-state index contributed by atoms with van der Waals surface area (Å²) in [5.41, 5.74) is 6.87. The summed E-state index contributed by atoms with van der Waals surface area (Å²) < 4.78 is 0. The molecule has 5 heteroatoms. The van der Waals surface area contributed by atoms with E-state index in [0.29, 0.717) is 0 Å². The topological polar surface area (TPSA) is 49.6 Å². The second-order valence-electron chi connectivity index (χ2n) is 5.02. The average Bonchev–Trinajstić information content (AvgIpc) is 2.41. The van der Waals surface area contributed by atoms with Crippen molar-refractivity contribution in [1.82, 2.24) is 9.80 Å². The van der Waals surface area contributed by atoms with E-state index in [2.05, 4.69) is 4.90 Å². The Hall–Kier alpha value is -1.10.